The molecule has 2 aliphatic heterocycles. The molecule has 2 aliphatic rings. The van der Waals surface area contributed by atoms with Crippen molar-refractivity contribution in [3.8, 4) is 0 Å². The third-order valence-electron chi connectivity index (χ3n) is 6.19. The lowest BCUT2D eigenvalue weighted by molar-refractivity contribution is -0.157. The van der Waals surface area contributed by atoms with E-state index in [4.69, 9.17) is 9.47 Å². The van der Waals surface area contributed by atoms with Crippen molar-refractivity contribution in [1.29, 1.82) is 0 Å². The summed E-state index contributed by atoms with van der Waals surface area (Å²) in [5, 5.41) is 0. The lowest BCUT2D eigenvalue weighted by Crippen LogP contribution is -2.53. The first-order valence-electron chi connectivity index (χ1n) is 10.5. The van der Waals surface area contributed by atoms with E-state index >= 15 is 0 Å². The molecule has 2 heterocycles. The molecule has 2 fully saturated rings. The second-order valence-corrected chi connectivity index (χ2v) is 7.98. The van der Waals surface area contributed by atoms with Crippen molar-refractivity contribution in [2.24, 2.45) is 5.92 Å². The molecule has 0 saturated carbocycles. The smallest absolute Gasteiger partial charge is 0.338 e. The first kappa shape index (κ1) is 20.4. The van der Waals surface area contributed by atoms with Gasteiger partial charge in [-0.25, -0.2) is 4.79 Å². The van der Waals surface area contributed by atoms with Crippen molar-refractivity contribution in [2.75, 3.05) is 13.7 Å². The number of fused-ring (bicyclic) bond motifs is 2. The number of ether oxygens (including phenoxy) is 2. The summed E-state index contributed by atoms with van der Waals surface area (Å²) in [5.41, 5.74) is 1.56. The Morgan fingerprint density at radius 2 is 1.73 bits per heavy atom. The summed E-state index contributed by atoms with van der Waals surface area (Å²) in [6, 6.07) is 19.2. The monoisotopic (exact) mass is 405 g/mol. The molecule has 2 aromatic rings. The van der Waals surface area contributed by atoms with Crippen LogP contribution in [0.3, 0.4) is 0 Å². The fourth-order valence-electron chi connectivity index (χ4n) is 4.61. The zero-order valence-electron chi connectivity index (χ0n) is 17.1. The summed E-state index contributed by atoms with van der Waals surface area (Å²) >= 11 is 0. The fraction of sp³-hybridized carbons (Fsp3) is 0.360. The SMILES string of the molecule is CN1[C@H]2CC[C@@H]1[C@@H](C(=O)OC/C=C/c1ccccc1)[C@@H](OC(=O)c1ccccc1)C2. The minimum Gasteiger partial charge on any atom is -0.461 e. The highest BCUT2D eigenvalue weighted by Crippen LogP contribution is 2.40. The minimum atomic E-state index is -0.466. The normalized spacial score (nSPS) is 25.9. The molecule has 0 aromatic heterocycles. The van der Waals surface area contributed by atoms with Crippen LogP contribution in [0.25, 0.3) is 6.08 Å². The molecule has 5 nitrogen and oxygen atoms in total. The number of carbonyl (C=O) groups excluding carboxylic acids is 2. The average Bonchev–Trinajstić information content (AvgIpc) is 3.01. The second kappa shape index (κ2) is 9.26. The Labute approximate surface area is 177 Å². The molecule has 30 heavy (non-hydrogen) atoms. The van der Waals surface area contributed by atoms with E-state index in [0.717, 1.165) is 18.4 Å². The Kier molecular flexibility index (Phi) is 6.29. The zero-order valence-corrected chi connectivity index (χ0v) is 17.1. The molecule has 5 heteroatoms. The van der Waals surface area contributed by atoms with Gasteiger partial charge in [-0.05, 0) is 43.7 Å². The maximum atomic E-state index is 13.0. The fourth-order valence-corrected chi connectivity index (χ4v) is 4.61. The summed E-state index contributed by atoms with van der Waals surface area (Å²) in [6.07, 6.45) is 5.89. The maximum absolute atomic E-state index is 13.0. The van der Waals surface area contributed by atoms with Gasteiger partial charge in [0, 0.05) is 18.5 Å². The standard InChI is InChI=1S/C25H27NO4/c1-26-20-14-15-21(26)23(22(17-20)30-24(27)19-12-6-3-7-13-19)25(28)29-16-8-11-18-9-4-2-5-10-18/h2-13,20-23H,14-17H2,1H3/b11-8+/t20-,21+,22-,23+/m0/s1. The number of benzene rings is 2. The zero-order chi connectivity index (χ0) is 20.9. The highest BCUT2D eigenvalue weighted by molar-refractivity contribution is 5.89. The number of rotatable bonds is 6. The van der Waals surface area contributed by atoms with Gasteiger partial charge in [0.25, 0.3) is 0 Å². The van der Waals surface area contributed by atoms with Gasteiger partial charge < -0.3 is 9.47 Å². The number of hydrogen-bond donors (Lipinski definition) is 0. The van der Waals surface area contributed by atoms with Crippen LogP contribution in [0, 0.1) is 5.92 Å². The third-order valence-corrected chi connectivity index (χ3v) is 6.19. The first-order valence-corrected chi connectivity index (χ1v) is 10.5. The molecule has 0 spiro atoms. The van der Waals surface area contributed by atoms with Crippen molar-refractivity contribution in [2.45, 2.75) is 37.5 Å². The highest BCUT2D eigenvalue weighted by atomic mass is 16.6. The van der Waals surface area contributed by atoms with E-state index in [1.54, 1.807) is 24.3 Å². The Balaban J connectivity index is 1.42. The van der Waals surface area contributed by atoms with E-state index < -0.39 is 12.0 Å². The maximum Gasteiger partial charge on any atom is 0.338 e. The van der Waals surface area contributed by atoms with E-state index in [-0.39, 0.29) is 24.6 Å². The summed E-state index contributed by atoms with van der Waals surface area (Å²) in [7, 11) is 2.05. The van der Waals surface area contributed by atoms with Crippen molar-refractivity contribution < 1.29 is 19.1 Å². The predicted octanol–water partition coefficient (Wildman–Crippen LogP) is 3.95. The van der Waals surface area contributed by atoms with Gasteiger partial charge >= 0.3 is 11.9 Å². The molecule has 0 aliphatic carbocycles. The van der Waals surface area contributed by atoms with Crippen LogP contribution in [0.2, 0.25) is 0 Å². The van der Waals surface area contributed by atoms with E-state index in [9.17, 15) is 9.59 Å². The molecule has 0 amide bonds. The Bertz CT molecular complexity index is 896. The predicted molar refractivity (Wildman–Crippen MR) is 115 cm³/mol. The first-order chi connectivity index (χ1) is 14.6. The molecule has 0 unspecified atom stereocenters. The van der Waals surface area contributed by atoms with Gasteiger partial charge in [0.05, 0.1) is 5.56 Å². The Morgan fingerprint density at radius 1 is 1.03 bits per heavy atom. The number of nitrogens with zero attached hydrogens (tertiary/aromatic N) is 1. The van der Waals surface area contributed by atoms with Crippen molar-refractivity contribution in [3.63, 3.8) is 0 Å². The molecule has 4 rings (SSSR count). The Hall–Kier alpha value is -2.92. The van der Waals surface area contributed by atoms with Crippen LogP contribution in [0.4, 0.5) is 0 Å². The Morgan fingerprint density at radius 3 is 2.47 bits per heavy atom. The van der Waals surface area contributed by atoms with Gasteiger partial charge in [0.1, 0.15) is 18.6 Å². The summed E-state index contributed by atoms with van der Waals surface area (Å²) in [4.78, 5) is 27.9. The number of esters is 2. The molecular weight excluding hydrogens is 378 g/mol. The molecule has 2 saturated heterocycles. The molecule has 0 radical (unpaired) electrons. The van der Waals surface area contributed by atoms with Gasteiger partial charge in [0.2, 0.25) is 0 Å². The van der Waals surface area contributed by atoms with E-state index in [1.807, 2.05) is 55.6 Å². The van der Waals surface area contributed by atoms with Crippen molar-refractivity contribution >= 4 is 18.0 Å². The second-order valence-electron chi connectivity index (χ2n) is 7.98. The van der Waals surface area contributed by atoms with Gasteiger partial charge in [-0.1, -0.05) is 54.6 Å². The largest absolute Gasteiger partial charge is 0.461 e. The molecule has 156 valence electrons. The lowest BCUT2D eigenvalue weighted by atomic mass is 9.87. The summed E-state index contributed by atoms with van der Waals surface area (Å²) in [5.74, 6) is -1.14. The van der Waals surface area contributed by atoms with Gasteiger partial charge in [0.15, 0.2) is 0 Å². The molecule has 2 aromatic carbocycles. The number of carbonyl (C=O) groups is 2. The summed E-state index contributed by atoms with van der Waals surface area (Å²) in [6.45, 7) is 0.198. The molecule has 2 bridgehead atoms. The van der Waals surface area contributed by atoms with Crippen LogP contribution in [0.5, 0.6) is 0 Å². The molecular formula is C25H27NO4. The van der Waals surface area contributed by atoms with Crippen LogP contribution in [0.15, 0.2) is 66.7 Å². The molecule has 4 atom stereocenters. The van der Waals surface area contributed by atoms with Gasteiger partial charge in [-0.15, -0.1) is 0 Å². The van der Waals surface area contributed by atoms with Crippen LogP contribution in [-0.2, 0) is 14.3 Å². The molecule has 0 N–H and O–H groups in total. The quantitative estimate of drug-likeness (QED) is 0.681. The summed E-state index contributed by atoms with van der Waals surface area (Å²) < 4.78 is 11.4. The van der Waals surface area contributed by atoms with Crippen LogP contribution in [-0.4, -0.2) is 48.7 Å². The van der Waals surface area contributed by atoms with Crippen molar-refractivity contribution in [1.82, 2.24) is 4.90 Å². The van der Waals surface area contributed by atoms with Gasteiger partial charge in [-0.3, -0.25) is 9.69 Å². The van der Waals surface area contributed by atoms with Crippen LogP contribution >= 0.6 is 0 Å². The van der Waals surface area contributed by atoms with Crippen LogP contribution in [0.1, 0.15) is 35.2 Å². The topological polar surface area (TPSA) is 55.8 Å². The minimum absolute atomic E-state index is 0.0444. The van der Waals surface area contributed by atoms with Gasteiger partial charge in [-0.2, -0.15) is 0 Å². The lowest BCUT2D eigenvalue weighted by Gasteiger charge is -2.40. The number of hydrogen-bond acceptors (Lipinski definition) is 5. The number of piperidine rings is 1. The van der Waals surface area contributed by atoms with Crippen molar-refractivity contribution in [3.05, 3.63) is 77.9 Å². The van der Waals surface area contributed by atoms with Crippen LogP contribution < -0.4 is 0 Å². The highest BCUT2D eigenvalue weighted by Gasteiger charge is 2.51. The third kappa shape index (κ3) is 4.46. The van der Waals surface area contributed by atoms with E-state index in [1.165, 1.54) is 0 Å². The average molecular weight is 405 g/mol. The van der Waals surface area contributed by atoms with E-state index in [0.29, 0.717) is 18.0 Å². The van der Waals surface area contributed by atoms with E-state index in [2.05, 4.69) is 4.90 Å².